The molecule has 0 bridgehead atoms. The number of hydrogen-bond acceptors (Lipinski definition) is 2. The van der Waals surface area contributed by atoms with Crippen molar-refractivity contribution in [2.75, 3.05) is 6.54 Å². The lowest BCUT2D eigenvalue weighted by Gasteiger charge is -2.35. The average Bonchev–Trinajstić information content (AvgIpc) is 2.59. The van der Waals surface area contributed by atoms with Gasteiger partial charge in [-0.3, -0.25) is 9.59 Å². The van der Waals surface area contributed by atoms with Crippen molar-refractivity contribution in [3.05, 3.63) is 35.4 Å². The number of benzene rings is 1. The van der Waals surface area contributed by atoms with E-state index in [0.29, 0.717) is 18.9 Å². The number of amides is 1. The first-order valence-corrected chi connectivity index (χ1v) is 8.57. The molecular weight excluding hydrogens is 274 g/mol. The van der Waals surface area contributed by atoms with Crippen LogP contribution in [-0.2, 0) is 11.2 Å². The molecule has 0 radical (unpaired) electrons. The van der Waals surface area contributed by atoms with E-state index < -0.39 is 0 Å². The van der Waals surface area contributed by atoms with E-state index in [1.807, 2.05) is 29.2 Å². The lowest BCUT2D eigenvalue weighted by Crippen LogP contribution is -2.43. The Morgan fingerprint density at radius 1 is 1.09 bits per heavy atom. The summed E-state index contributed by atoms with van der Waals surface area (Å²) in [5.74, 6) is 0.214. The number of carbonyl (C=O) groups is 2. The first kappa shape index (κ1) is 16.7. The Bertz CT molecular complexity index is 507. The van der Waals surface area contributed by atoms with Gasteiger partial charge in [0.2, 0.25) is 5.91 Å². The molecule has 1 heterocycles. The van der Waals surface area contributed by atoms with Crippen LogP contribution < -0.4 is 0 Å². The van der Waals surface area contributed by atoms with E-state index >= 15 is 0 Å². The van der Waals surface area contributed by atoms with Crippen LogP contribution in [0.4, 0.5) is 0 Å². The highest BCUT2D eigenvalue weighted by Gasteiger charge is 2.25. The summed E-state index contributed by atoms with van der Waals surface area (Å²) in [5, 5.41) is 0. The summed E-state index contributed by atoms with van der Waals surface area (Å²) in [7, 11) is 0. The minimum atomic E-state index is 0.0704. The standard InChI is InChI=1S/C19H27NO2/c1-3-15-8-10-16(11-9-15)18(21)12-13-19(22)20-14-6-5-7-17(20)4-2/h8-11,17H,3-7,12-14H2,1-2H3. The molecule has 1 amide bonds. The second-order valence-corrected chi connectivity index (χ2v) is 6.12. The minimum Gasteiger partial charge on any atom is -0.340 e. The Hall–Kier alpha value is -1.64. The molecule has 120 valence electrons. The van der Waals surface area contributed by atoms with Crippen LogP contribution in [-0.4, -0.2) is 29.2 Å². The van der Waals surface area contributed by atoms with Gasteiger partial charge in [-0.1, -0.05) is 38.1 Å². The molecule has 0 aliphatic carbocycles. The van der Waals surface area contributed by atoms with Crippen molar-refractivity contribution in [1.29, 1.82) is 0 Å². The molecule has 2 rings (SSSR count). The number of hydrogen-bond donors (Lipinski definition) is 0. The molecule has 22 heavy (non-hydrogen) atoms. The molecule has 1 aliphatic rings. The molecule has 1 atom stereocenters. The van der Waals surface area contributed by atoms with Crippen LogP contribution in [0.15, 0.2) is 24.3 Å². The normalized spacial score (nSPS) is 18.3. The SMILES string of the molecule is CCc1ccc(C(=O)CCC(=O)N2CCCCC2CC)cc1. The monoisotopic (exact) mass is 301 g/mol. The van der Waals surface area contributed by atoms with Crippen molar-refractivity contribution >= 4 is 11.7 Å². The van der Waals surface area contributed by atoms with Gasteiger partial charge in [0.1, 0.15) is 0 Å². The van der Waals surface area contributed by atoms with Crippen LogP contribution in [0.5, 0.6) is 0 Å². The fourth-order valence-electron chi connectivity index (χ4n) is 3.19. The molecule has 3 nitrogen and oxygen atoms in total. The maximum absolute atomic E-state index is 12.4. The van der Waals surface area contributed by atoms with Crippen molar-refractivity contribution in [1.82, 2.24) is 4.90 Å². The van der Waals surface area contributed by atoms with Gasteiger partial charge < -0.3 is 4.90 Å². The maximum Gasteiger partial charge on any atom is 0.223 e. The van der Waals surface area contributed by atoms with E-state index in [4.69, 9.17) is 0 Å². The summed E-state index contributed by atoms with van der Waals surface area (Å²) in [6.45, 7) is 5.09. The minimum absolute atomic E-state index is 0.0704. The first-order chi connectivity index (χ1) is 10.7. The van der Waals surface area contributed by atoms with E-state index in [0.717, 1.165) is 37.8 Å². The fourth-order valence-corrected chi connectivity index (χ4v) is 3.19. The molecule has 1 fully saturated rings. The number of aryl methyl sites for hydroxylation is 1. The van der Waals surface area contributed by atoms with Crippen LogP contribution in [0.1, 0.15) is 68.3 Å². The highest BCUT2D eigenvalue weighted by Crippen LogP contribution is 2.21. The van der Waals surface area contributed by atoms with Gasteiger partial charge in [-0.15, -0.1) is 0 Å². The van der Waals surface area contributed by atoms with Gasteiger partial charge >= 0.3 is 0 Å². The zero-order chi connectivity index (χ0) is 15.9. The smallest absolute Gasteiger partial charge is 0.223 e. The lowest BCUT2D eigenvalue weighted by molar-refractivity contribution is -0.134. The number of Topliss-reactive ketones (excluding diaryl/α,β-unsaturated/α-hetero) is 1. The van der Waals surface area contributed by atoms with Gasteiger partial charge in [0.05, 0.1) is 0 Å². The molecule has 0 spiro atoms. The van der Waals surface area contributed by atoms with Gasteiger partial charge in [0, 0.05) is 31.0 Å². The molecule has 0 saturated carbocycles. The molecule has 1 saturated heterocycles. The number of rotatable bonds is 6. The summed E-state index contributed by atoms with van der Waals surface area (Å²) in [6, 6.07) is 8.11. The van der Waals surface area contributed by atoms with E-state index in [-0.39, 0.29) is 11.7 Å². The highest BCUT2D eigenvalue weighted by atomic mass is 16.2. The van der Waals surface area contributed by atoms with Crippen LogP contribution in [0.2, 0.25) is 0 Å². The van der Waals surface area contributed by atoms with Gasteiger partial charge in [-0.05, 0) is 37.7 Å². The lowest BCUT2D eigenvalue weighted by atomic mass is 9.98. The Kier molecular flexibility index (Phi) is 6.17. The predicted molar refractivity (Wildman–Crippen MR) is 89.0 cm³/mol. The van der Waals surface area contributed by atoms with Gasteiger partial charge in [-0.25, -0.2) is 0 Å². The summed E-state index contributed by atoms with van der Waals surface area (Å²) in [6.07, 6.45) is 6.05. The van der Waals surface area contributed by atoms with Crippen molar-refractivity contribution in [2.24, 2.45) is 0 Å². The first-order valence-electron chi connectivity index (χ1n) is 8.57. The van der Waals surface area contributed by atoms with Gasteiger partial charge in [0.25, 0.3) is 0 Å². The third kappa shape index (κ3) is 4.19. The van der Waals surface area contributed by atoms with Gasteiger partial charge in [0.15, 0.2) is 5.78 Å². The Morgan fingerprint density at radius 3 is 2.45 bits per heavy atom. The number of piperidine rings is 1. The third-order valence-electron chi connectivity index (χ3n) is 4.67. The molecule has 1 aromatic rings. The molecular formula is C19H27NO2. The number of likely N-dealkylation sites (tertiary alicyclic amines) is 1. The van der Waals surface area contributed by atoms with E-state index in [1.165, 1.54) is 12.0 Å². The second-order valence-electron chi connectivity index (χ2n) is 6.12. The molecule has 0 N–H and O–H groups in total. The quantitative estimate of drug-likeness (QED) is 0.745. The Morgan fingerprint density at radius 2 is 1.82 bits per heavy atom. The number of ketones is 1. The molecule has 1 unspecified atom stereocenters. The Labute approximate surface area is 133 Å². The maximum atomic E-state index is 12.4. The van der Waals surface area contributed by atoms with Crippen molar-refractivity contribution in [3.8, 4) is 0 Å². The van der Waals surface area contributed by atoms with E-state index in [1.54, 1.807) is 0 Å². The van der Waals surface area contributed by atoms with Crippen molar-refractivity contribution in [2.45, 2.75) is 64.8 Å². The second kappa shape index (κ2) is 8.11. The number of nitrogens with zero attached hydrogens (tertiary/aromatic N) is 1. The molecule has 3 heteroatoms. The van der Waals surface area contributed by atoms with Crippen molar-refractivity contribution < 1.29 is 9.59 Å². The van der Waals surface area contributed by atoms with E-state index in [9.17, 15) is 9.59 Å². The summed E-state index contributed by atoms with van der Waals surface area (Å²) in [4.78, 5) is 26.6. The predicted octanol–water partition coefficient (Wildman–Crippen LogP) is 4.00. The van der Waals surface area contributed by atoms with Crippen LogP contribution in [0.3, 0.4) is 0 Å². The zero-order valence-electron chi connectivity index (χ0n) is 13.8. The molecule has 1 aromatic carbocycles. The van der Waals surface area contributed by atoms with Gasteiger partial charge in [-0.2, -0.15) is 0 Å². The van der Waals surface area contributed by atoms with Crippen LogP contribution >= 0.6 is 0 Å². The van der Waals surface area contributed by atoms with E-state index in [2.05, 4.69) is 13.8 Å². The fraction of sp³-hybridized carbons (Fsp3) is 0.579. The van der Waals surface area contributed by atoms with Crippen LogP contribution in [0, 0.1) is 0 Å². The third-order valence-corrected chi connectivity index (χ3v) is 4.67. The molecule has 0 aromatic heterocycles. The topological polar surface area (TPSA) is 37.4 Å². The highest BCUT2D eigenvalue weighted by molar-refractivity contribution is 5.98. The number of carbonyl (C=O) groups excluding carboxylic acids is 2. The molecule has 1 aliphatic heterocycles. The zero-order valence-corrected chi connectivity index (χ0v) is 13.8. The van der Waals surface area contributed by atoms with Crippen molar-refractivity contribution in [3.63, 3.8) is 0 Å². The Balaban J connectivity index is 1.88. The summed E-state index contributed by atoms with van der Waals surface area (Å²) < 4.78 is 0. The summed E-state index contributed by atoms with van der Waals surface area (Å²) in [5.41, 5.74) is 1.95. The summed E-state index contributed by atoms with van der Waals surface area (Å²) >= 11 is 0. The van der Waals surface area contributed by atoms with Crippen LogP contribution in [0.25, 0.3) is 0 Å². The largest absolute Gasteiger partial charge is 0.340 e. The average molecular weight is 301 g/mol.